The van der Waals surface area contributed by atoms with E-state index < -0.39 is 30.9 Å². The van der Waals surface area contributed by atoms with Gasteiger partial charge in [-0.15, -0.1) is 0 Å². The first-order valence-electron chi connectivity index (χ1n) is 6.67. The topological polar surface area (TPSA) is 26.3 Å². The second-order valence-electron chi connectivity index (χ2n) is 2.52. The zero-order valence-electron chi connectivity index (χ0n) is 13.1. The van der Waals surface area contributed by atoms with Crippen LogP contribution in [0.2, 0.25) is 0 Å². The van der Waals surface area contributed by atoms with Gasteiger partial charge in [0, 0.05) is 8.22 Å². The standard InChI is InChI=1S/C10H14O2S/c1-8(2)12-13(11)10-6-4-9(3)5-7-10/h4-8H,1-3H3/i1D3,2D3. The Morgan fingerprint density at radius 1 is 1.38 bits per heavy atom. The largest absolute Gasteiger partial charge is 0.284 e. The summed E-state index contributed by atoms with van der Waals surface area (Å²) in [6.45, 7) is -3.90. The van der Waals surface area contributed by atoms with Crippen molar-refractivity contribution >= 4 is 11.1 Å². The van der Waals surface area contributed by atoms with Gasteiger partial charge < -0.3 is 0 Å². The van der Waals surface area contributed by atoms with Crippen LogP contribution in [0.15, 0.2) is 29.2 Å². The van der Waals surface area contributed by atoms with Gasteiger partial charge in [0.2, 0.25) is 0 Å². The average Bonchev–Trinajstić information content (AvgIpc) is 2.23. The second kappa shape index (κ2) is 4.53. The predicted octanol–water partition coefficient (Wildman–Crippen LogP) is 2.44. The molecule has 0 N–H and O–H groups in total. The molecular weight excluding hydrogens is 184 g/mol. The maximum atomic E-state index is 11.8. The maximum absolute atomic E-state index is 11.8. The third-order valence-electron chi connectivity index (χ3n) is 1.40. The number of rotatable bonds is 3. The number of hydrogen-bond acceptors (Lipinski definition) is 2. The van der Waals surface area contributed by atoms with Crippen molar-refractivity contribution in [3.63, 3.8) is 0 Å². The van der Waals surface area contributed by atoms with Crippen molar-refractivity contribution in [2.24, 2.45) is 0 Å². The van der Waals surface area contributed by atoms with Crippen LogP contribution in [0.3, 0.4) is 0 Å². The lowest BCUT2D eigenvalue weighted by atomic mass is 10.2. The first-order valence-corrected chi connectivity index (χ1v) is 4.75. The quantitative estimate of drug-likeness (QED) is 0.756. The van der Waals surface area contributed by atoms with Gasteiger partial charge in [-0.2, -0.15) is 0 Å². The molecule has 0 aliphatic heterocycles. The lowest BCUT2D eigenvalue weighted by Crippen LogP contribution is -2.05. The van der Waals surface area contributed by atoms with E-state index in [-0.39, 0.29) is 4.90 Å². The third kappa shape index (κ3) is 3.28. The van der Waals surface area contributed by atoms with Gasteiger partial charge in [-0.3, -0.25) is 4.18 Å². The van der Waals surface area contributed by atoms with E-state index in [1.165, 1.54) is 12.1 Å². The van der Waals surface area contributed by atoms with Crippen LogP contribution in [0, 0.1) is 6.92 Å². The molecule has 0 heterocycles. The molecule has 0 saturated carbocycles. The first kappa shape index (κ1) is 4.71. The fourth-order valence-electron chi connectivity index (χ4n) is 0.792. The van der Waals surface area contributed by atoms with Gasteiger partial charge in [-0.1, -0.05) is 17.7 Å². The van der Waals surface area contributed by atoms with Crippen LogP contribution in [-0.4, -0.2) is 10.3 Å². The van der Waals surface area contributed by atoms with Gasteiger partial charge >= 0.3 is 0 Å². The van der Waals surface area contributed by atoms with E-state index in [1.807, 2.05) is 6.92 Å². The minimum Gasteiger partial charge on any atom is -0.284 e. The van der Waals surface area contributed by atoms with Crippen LogP contribution in [0.25, 0.3) is 0 Å². The Bertz CT molecular complexity index is 437. The summed E-state index contributed by atoms with van der Waals surface area (Å²) in [5, 5.41) is 0. The van der Waals surface area contributed by atoms with Crippen molar-refractivity contribution in [3.05, 3.63) is 29.8 Å². The van der Waals surface area contributed by atoms with Gasteiger partial charge in [0.05, 0.1) is 11.0 Å². The molecule has 0 amide bonds. The van der Waals surface area contributed by atoms with Gasteiger partial charge in [0.15, 0.2) is 11.1 Å². The highest BCUT2D eigenvalue weighted by molar-refractivity contribution is 7.80. The van der Waals surface area contributed by atoms with Gasteiger partial charge in [-0.05, 0) is 32.8 Å². The average molecular weight is 204 g/mol. The molecule has 3 heteroatoms. The third-order valence-corrected chi connectivity index (χ3v) is 2.42. The molecule has 1 atom stereocenters. The van der Waals surface area contributed by atoms with Crippen molar-refractivity contribution in [1.82, 2.24) is 0 Å². The maximum Gasteiger partial charge on any atom is 0.189 e. The summed E-state index contributed by atoms with van der Waals surface area (Å²) in [6, 6.07) is 6.36. The fourth-order valence-corrected chi connectivity index (χ4v) is 1.44. The molecule has 13 heavy (non-hydrogen) atoms. The second-order valence-corrected chi connectivity index (χ2v) is 3.66. The van der Waals surface area contributed by atoms with Crippen LogP contribution >= 0.6 is 0 Å². The van der Waals surface area contributed by atoms with E-state index in [1.54, 1.807) is 12.1 Å². The van der Waals surface area contributed by atoms with Crippen LogP contribution in [-0.2, 0) is 15.3 Å². The summed E-state index contributed by atoms with van der Waals surface area (Å²) >= 11 is -2.13. The number of benzene rings is 1. The highest BCUT2D eigenvalue weighted by atomic mass is 32.2. The van der Waals surface area contributed by atoms with E-state index in [4.69, 9.17) is 12.4 Å². The van der Waals surface area contributed by atoms with E-state index in [0.29, 0.717) is 0 Å². The zero-order chi connectivity index (χ0) is 14.8. The van der Waals surface area contributed by atoms with Gasteiger partial charge in [0.25, 0.3) is 0 Å². The highest BCUT2D eigenvalue weighted by Crippen LogP contribution is 2.10. The Labute approximate surface area is 90.0 Å². The van der Waals surface area contributed by atoms with Crippen LogP contribution in [0.4, 0.5) is 0 Å². The predicted molar refractivity (Wildman–Crippen MR) is 53.8 cm³/mol. The van der Waals surface area contributed by atoms with E-state index in [0.717, 1.165) is 5.56 Å². The monoisotopic (exact) mass is 204 g/mol. The Morgan fingerprint density at radius 3 is 2.54 bits per heavy atom. The van der Waals surface area contributed by atoms with E-state index >= 15 is 0 Å². The summed E-state index contributed by atoms with van der Waals surface area (Å²) < 4.78 is 59.5. The molecule has 1 aromatic carbocycles. The van der Waals surface area contributed by atoms with Gasteiger partial charge in [0.1, 0.15) is 0 Å². The summed E-state index contributed by atoms with van der Waals surface area (Å²) in [7, 11) is 0. The lowest BCUT2D eigenvalue weighted by molar-refractivity contribution is 0.270. The van der Waals surface area contributed by atoms with Crippen LogP contribution < -0.4 is 0 Å². The van der Waals surface area contributed by atoms with Crippen LogP contribution in [0.5, 0.6) is 0 Å². The molecule has 1 aromatic rings. The summed E-state index contributed by atoms with van der Waals surface area (Å²) in [5.74, 6) is 0. The van der Waals surface area contributed by atoms with Crippen molar-refractivity contribution < 1.29 is 16.6 Å². The summed E-state index contributed by atoms with van der Waals surface area (Å²) in [5.41, 5.74) is 0.934. The molecule has 0 aromatic heterocycles. The van der Waals surface area contributed by atoms with Crippen molar-refractivity contribution in [3.8, 4) is 0 Å². The lowest BCUT2D eigenvalue weighted by Gasteiger charge is -2.05. The Hall–Kier alpha value is -0.670. The molecule has 2 nitrogen and oxygen atoms in total. The highest BCUT2D eigenvalue weighted by Gasteiger charge is 2.05. The number of aryl methyl sites for hydroxylation is 1. The molecule has 0 saturated heterocycles. The van der Waals surface area contributed by atoms with E-state index in [9.17, 15) is 4.21 Å². The van der Waals surface area contributed by atoms with Gasteiger partial charge in [-0.25, -0.2) is 4.21 Å². The molecule has 0 radical (unpaired) electrons. The Morgan fingerprint density at radius 2 is 2.00 bits per heavy atom. The molecule has 0 aliphatic rings. The fraction of sp³-hybridized carbons (Fsp3) is 0.400. The zero-order valence-corrected chi connectivity index (χ0v) is 7.93. The molecule has 1 rings (SSSR count). The normalized spacial score (nSPS) is 22.0. The minimum atomic E-state index is -2.87. The Balaban J connectivity index is 2.92. The first-order chi connectivity index (χ1) is 8.51. The minimum absolute atomic E-state index is 0.226. The molecule has 0 spiro atoms. The SMILES string of the molecule is [2H]C([2H])([2H])C(OS(=O)c1ccc(C)cc1)C([2H])([2H])[2H]. The Kier molecular flexibility index (Phi) is 1.64. The molecule has 0 aliphatic carbocycles. The van der Waals surface area contributed by atoms with Crippen LogP contribution in [0.1, 0.15) is 27.5 Å². The van der Waals surface area contributed by atoms with Crippen molar-refractivity contribution in [1.29, 1.82) is 0 Å². The molecule has 72 valence electrons. The molecular formula is C10H14O2S. The number of hydrogen-bond donors (Lipinski definition) is 0. The summed E-state index contributed by atoms with van der Waals surface area (Å²) in [6.07, 6.45) is -2.08. The smallest absolute Gasteiger partial charge is 0.189 e. The summed E-state index contributed by atoms with van der Waals surface area (Å²) in [4.78, 5) is 0.226. The van der Waals surface area contributed by atoms with Crippen molar-refractivity contribution in [2.45, 2.75) is 31.6 Å². The van der Waals surface area contributed by atoms with E-state index in [2.05, 4.69) is 0 Å². The van der Waals surface area contributed by atoms with Crippen molar-refractivity contribution in [2.75, 3.05) is 0 Å². The molecule has 1 unspecified atom stereocenters. The molecule has 0 bridgehead atoms. The molecule has 0 fully saturated rings.